The number of aromatic nitrogens is 3. The molecule has 0 N–H and O–H groups in total. The van der Waals surface area contributed by atoms with E-state index in [9.17, 15) is 8.42 Å². The highest BCUT2D eigenvalue weighted by molar-refractivity contribution is 7.91. The van der Waals surface area contributed by atoms with Crippen molar-refractivity contribution in [3.05, 3.63) is 29.2 Å². The molecule has 0 atom stereocenters. The largest absolute Gasteiger partial charge is 0.315 e. The number of rotatable bonds is 3. The van der Waals surface area contributed by atoms with Crippen molar-refractivity contribution in [1.82, 2.24) is 19.1 Å². The van der Waals surface area contributed by atoms with Gasteiger partial charge in [-0.25, -0.2) is 8.42 Å². The van der Waals surface area contributed by atoms with Crippen molar-refractivity contribution in [2.75, 3.05) is 13.1 Å². The SMILES string of the molecule is O=S(=O)(c1cccs1)N1CCC(c2nnc3n2CCC3)CC1. The van der Waals surface area contributed by atoms with E-state index in [0.717, 1.165) is 43.9 Å². The molecule has 4 rings (SSSR count). The molecule has 118 valence electrons. The predicted octanol–water partition coefficient (Wildman–Crippen LogP) is 1.85. The fourth-order valence-electron chi connectivity index (χ4n) is 3.37. The number of hydrogen-bond acceptors (Lipinski definition) is 5. The molecule has 2 aromatic heterocycles. The first-order valence-electron chi connectivity index (χ1n) is 7.62. The van der Waals surface area contributed by atoms with Crippen molar-refractivity contribution in [3.8, 4) is 0 Å². The maximum atomic E-state index is 12.5. The molecule has 1 saturated heterocycles. The number of thiophene rings is 1. The molecule has 8 heteroatoms. The molecule has 1 fully saturated rings. The highest BCUT2D eigenvalue weighted by Gasteiger charge is 2.33. The Morgan fingerprint density at radius 2 is 2.00 bits per heavy atom. The zero-order valence-electron chi connectivity index (χ0n) is 12.2. The second kappa shape index (κ2) is 5.43. The van der Waals surface area contributed by atoms with Crippen LogP contribution in [0.15, 0.2) is 21.7 Å². The van der Waals surface area contributed by atoms with Crippen LogP contribution in [0, 0.1) is 0 Å². The predicted molar refractivity (Wildman–Crippen MR) is 83.4 cm³/mol. The van der Waals surface area contributed by atoms with Gasteiger partial charge in [0, 0.05) is 32.0 Å². The second-order valence-electron chi connectivity index (χ2n) is 5.84. The van der Waals surface area contributed by atoms with Gasteiger partial charge in [0.15, 0.2) is 0 Å². The van der Waals surface area contributed by atoms with E-state index in [4.69, 9.17) is 0 Å². The van der Waals surface area contributed by atoms with Crippen LogP contribution < -0.4 is 0 Å². The van der Waals surface area contributed by atoms with Gasteiger partial charge in [-0.2, -0.15) is 4.31 Å². The molecule has 2 aliphatic rings. The van der Waals surface area contributed by atoms with Gasteiger partial charge in [0.2, 0.25) is 0 Å². The lowest BCUT2D eigenvalue weighted by Crippen LogP contribution is -2.38. The van der Waals surface area contributed by atoms with E-state index in [1.165, 1.54) is 11.3 Å². The van der Waals surface area contributed by atoms with Crippen LogP contribution in [0.3, 0.4) is 0 Å². The Morgan fingerprint density at radius 1 is 1.18 bits per heavy atom. The highest BCUT2D eigenvalue weighted by Crippen LogP contribution is 2.32. The molecule has 2 aliphatic heterocycles. The van der Waals surface area contributed by atoms with Crippen molar-refractivity contribution in [2.24, 2.45) is 0 Å². The van der Waals surface area contributed by atoms with Crippen molar-refractivity contribution in [2.45, 2.75) is 42.4 Å². The van der Waals surface area contributed by atoms with Crippen LogP contribution in [0.25, 0.3) is 0 Å². The Bertz CT molecular complexity index is 759. The Labute approximate surface area is 133 Å². The Morgan fingerprint density at radius 3 is 2.73 bits per heavy atom. The van der Waals surface area contributed by atoms with Crippen LogP contribution in [0.1, 0.15) is 36.8 Å². The maximum Gasteiger partial charge on any atom is 0.252 e. The van der Waals surface area contributed by atoms with Crippen molar-refractivity contribution in [1.29, 1.82) is 0 Å². The standard InChI is InChI=1S/C14H18N4O2S2/c19-22(20,13-4-2-10-21-13)17-8-5-11(6-9-17)14-16-15-12-3-1-7-18(12)14/h2,4,10-11H,1,3,5-9H2. The molecule has 22 heavy (non-hydrogen) atoms. The van der Waals surface area contributed by atoms with Crippen LogP contribution >= 0.6 is 11.3 Å². The molecule has 0 aliphatic carbocycles. The molecule has 0 aromatic carbocycles. The van der Waals surface area contributed by atoms with E-state index >= 15 is 0 Å². The number of aryl methyl sites for hydroxylation is 1. The quantitative estimate of drug-likeness (QED) is 0.856. The van der Waals surface area contributed by atoms with Crippen molar-refractivity contribution in [3.63, 3.8) is 0 Å². The number of hydrogen-bond donors (Lipinski definition) is 0. The summed E-state index contributed by atoms with van der Waals surface area (Å²) in [6, 6.07) is 3.46. The van der Waals surface area contributed by atoms with Crippen LogP contribution in [0.5, 0.6) is 0 Å². The maximum absolute atomic E-state index is 12.5. The zero-order chi connectivity index (χ0) is 15.2. The Hall–Kier alpha value is -1.25. The van der Waals surface area contributed by atoms with Crippen LogP contribution in [0.2, 0.25) is 0 Å². The number of sulfonamides is 1. The molecular formula is C14H18N4O2S2. The van der Waals surface area contributed by atoms with Gasteiger partial charge in [-0.3, -0.25) is 0 Å². The molecule has 2 aromatic rings. The molecule has 0 amide bonds. The summed E-state index contributed by atoms with van der Waals surface area (Å²) in [6.07, 6.45) is 3.80. The minimum Gasteiger partial charge on any atom is -0.315 e. The third-order valence-corrected chi connectivity index (χ3v) is 7.82. The number of nitrogens with zero attached hydrogens (tertiary/aromatic N) is 4. The topological polar surface area (TPSA) is 68.1 Å². The fourth-order valence-corrected chi connectivity index (χ4v) is 5.98. The first-order chi connectivity index (χ1) is 10.7. The summed E-state index contributed by atoms with van der Waals surface area (Å²) in [7, 11) is -3.31. The minimum absolute atomic E-state index is 0.328. The third-order valence-electron chi connectivity index (χ3n) is 4.55. The van der Waals surface area contributed by atoms with Crippen molar-refractivity contribution < 1.29 is 8.42 Å². The van der Waals surface area contributed by atoms with Gasteiger partial charge < -0.3 is 4.57 Å². The highest BCUT2D eigenvalue weighted by atomic mass is 32.2. The first-order valence-corrected chi connectivity index (χ1v) is 9.94. The molecule has 0 bridgehead atoms. The van der Waals surface area contributed by atoms with Crippen LogP contribution in [-0.4, -0.2) is 40.6 Å². The summed E-state index contributed by atoms with van der Waals surface area (Å²) in [5.74, 6) is 2.47. The molecule has 0 saturated carbocycles. The summed E-state index contributed by atoms with van der Waals surface area (Å²) in [5, 5.41) is 10.4. The first kappa shape index (κ1) is 14.3. The minimum atomic E-state index is -3.31. The molecule has 4 heterocycles. The lowest BCUT2D eigenvalue weighted by atomic mass is 9.97. The van der Waals surface area contributed by atoms with E-state index < -0.39 is 10.0 Å². The summed E-state index contributed by atoms with van der Waals surface area (Å²) >= 11 is 1.28. The van der Waals surface area contributed by atoms with E-state index in [2.05, 4.69) is 14.8 Å². The molecular weight excluding hydrogens is 320 g/mol. The lowest BCUT2D eigenvalue weighted by molar-refractivity contribution is 0.310. The smallest absolute Gasteiger partial charge is 0.252 e. The van der Waals surface area contributed by atoms with E-state index in [0.29, 0.717) is 23.2 Å². The average molecular weight is 338 g/mol. The molecule has 0 unspecified atom stereocenters. The van der Waals surface area contributed by atoms with Crippen LogP contribution in [-0.2, 0) is 23.0 Å². The van der Waals surface area contributed by atoms with Crippen molar-refractivity contribution >= 4 is 21.4 Å². The zero-order valence-corrected chi connectivity index (χ0v) is 13.8. The van der Waals surface area contributed by atoms with Gasteiger partial charge in [0.25, 0.3) is 10.0 Å². The summed E-state index contributed by atoms with van der Waals surface area (Å²) in [6.45, 7) is 2.13. The molecule has 0 spiro atoms. The monoisotopic (exact) mass is 338 g/mol. The summed E-state index contributed by atoms with van der Waals surface area (Å²) in [5.41, 5.74) is 0. The summed E-state index contributed by atoms with van der Waals surface area (Å²) in [4.78, 5) is 0. The molecule has 0 radical (unpaired) electrons. The normalized spacial score (nSPS) is 20.4. The van der Waals surface area contributed by atoms with Gasteiger partial charge in [0.05, 0.1) is 0 Å². The summed E-state index contributed by atoms with van der Waals surface area (Å²) < 4.78 is 29.3. The third kappa shape index (κ3) is 2.29. The fraction of sp³-hybridized carbons (Fsp3) is 0.571. The van der Waals surface area contributed by atoms with Gasteiger partial charge in [-0.1, -0.05) is 6.07 Å². The van der Waals surface area contributed by atoms with Gasteiger partial charge in [0.1, 0.15) is 15.9 Å². The Balaban J connectivity index is 1.49. The van der Waals surface area contributed by atoms with E-state index in [-0.39, 0.29) is 0 Å². The van der Waals surface area contributed by atoms with E-state index in [1.807, 2.05) is 0 Å². The average Bonchev–Trinajstić information content (AvgIpc) is 3.25. The number of piperidine rings is 1. The van der Waals surface area contributed by atoms with E-state index in [1.54, 1.807) is 21.8 Å². The molecule has 6 nitrogen and oxygen atoms in total. The lowest BCUT2D eigenvalue weighted by Gasteiger charge is -2.30. The second-order valence-corrected chi connectivity index (χ2v) is 8.95. The van der Waals surface area contributed by atoms with Gasteiger partial charge in [-0.05, 0) is 30.7 Å². The van der Waals surface area contributed by atoms with Gasteiger partial charge in [-0.15, -0.1) is 21.5 Å². The van der Waals surface area contributed by atoms with Crippen LogP contribution in [0.4, 0.5) is 0 Å². The number of fused-ring (bicyclic) bond motifs is 1. The van der Waals surface area contributed by atoms with Gasteiger partial charge >= 0.3 is 0 Å². The Kier molecular flexibility index (Phi) is 3.54.